The molecule has 2 aromatic rings. The van der Waals surface area contributed by atoms with Crippen LogP contribution in [0.25, 0.3) is 0 Å². The highest BCUT2D eigenvalue weighted by molar-refractivity contribution is 5.95. The lowest BCUT2D eigenvalue weighted by Gasteiger charge is -2.11. The van der Waals surface area contributed by atoms with Crippen molar-refractivity contribution < 1.29 is 13.9 Å². The van der Waals surface area contributed by atoms with Gasteiger partial charge in [0.05, 0.1) is 24.1 Å². The average Bonchev–Trinajstić information content (AvgIpc) is 2.46. The Balaban J connectivity index is 2.31. The number of nitrogens with zero attached hydrogens (tertiary/aromatic N) is 1. The number of ether oxygens (including phenoxy) is 1. The van der Waals surface area contributed by atoms with E-state index in [2.05, 4.69) is 10.3 Å². The number of esters is 1. The smallest absolute Gasteiger partial charge is 0.340 e. The lowest BCUT2D eigenvalue weighted by atomic mass is 10.2. The van der Waals surface area contributed by atoms with Crippen LogP contribution in [0.2, 0.25) is 0 Å². The van der Waals surface area contributed by atoms with Crippen molar-refractivity contribution in [2.75, 3.05) is 17.7 Å². The summed E-state index contributed by atoms with van der Waals surface area (Å²) in [5, 5.41) is 2.96. The summed E-state index contributed by atoms with van der Waals surface area (Å²) >= 11 is 0. The summed E-state index contributed by atoms with van der Waals surface area (Å²) in [6.45, 7) is 3.62. The Kier molecular flexibility index (Phi) is 4.37. The molecule has 3 N–H and O–H groups in total. The number of nitrogens with one attached hydrogen (secondary N) is 1. The number of hydrogen-bond donors (Lipinski definition) is 2. The highest BCUT2D eigenvalue weighted by Gasteiger charge is 2.13. The summed E-state index contributed by atoms with van der Waals surface area (Å²) in [4.78, 5) is 15.9. The largest absolute Gasteiger partial charge is 0.462 e. The fourth-order valence-electron chi connectivity index (χ4n) is 1.80. The lowest BCUT2D eigenvalue weighted by molar-refractivity contribution is 0.0527. The Bertz CT molecular complexity index is 674. The monoisotopic (exact) mass is 289 g/mol. The SMILES string of the molecule is CCOC(=O)c1cc(Nc2cccc(F)c2C)ncc1N. The van der Waals surface area contributed by atoms with Gasteiger partial charge in [-0.15, -0.1) is 0 Å². The first-order valence-corrected chi connectivity index (χ1v) is 6.47. The van der Waals surface area contributed by atoms with Gasteiger partial charge in [-0.05, 0) is 32.0 Å². The van der Waals surface area contributed by atoms with Crippen molar-refractivity contribution in [1.82, 2.24) is 4.98 Å². The molecule has 0 spiro atoms. The molecule has 0 saturated carbocycles. The van der Waals surface area contributed by atoms with Gasteiger partial charge in [-0.1, -0.05) is 6.07 Å². The van der Waals surface area contributed by atoms with Crippen molar-refractivity contribution in [3.63, 3.8) is 0 Å². The minimum absolute atomic E-state index is 0.225. The zero-order valence-corrected chi connectivity index (χ0v) is 11.8. The molecule has 0 amide bonds. The van der Waals surface area contributed by atoms with Crippen molar-refractivity contribution >= 4 is 23.2 Å². The average molecular weight is 289 g/mol. The first kappa shape index (κ1) is 14.8. The van der Waals surface area contributed by atoms with Crippen LogP contribution in [-0.2, 0) is 4.74 Å². The molecule has 21 heavy (non-hydrogen) atoms. The number of nitrogens with two attached hydrogens (primary N) is 1. The molecule has 0 saturated heterocycles. The van der Waals surface area contributed by atoms with Crippen LogP contribution in [-0.4, -0.2) is 17.6 Å². The summed E-state index contributed by atoms with van der Waals surface area (Å²) in [7, 11) is 0. The third-order valence-corrected chi connectivity index (χ3v) is 2.96. The topological polar surface area (TPSA) is 77.2 Å². The van der Waals surface area contributed by atoms with Gasteiger partial charge >= 0.3 is 5.97 Å². The van der Waals surface area contributed by atoms with E-state index in [1.54, 1.807) is 26.0 Å². The lowest BCUT2D eigenvalue weighted by Crippen LogP contribution is -2.09. The summed E-state index contributed by atoms with van der Waals surface area (Å²) in [6, 6.07) is 6.17. The number of hydrogen-bond acceptors (Lipinski definition) is 5. The Labute approximate surface area is 121 Å². The van der Waals surface area contributed by atoms with Crippen LogP contribution in [0.4, 0.5) is 21.6 Å². The third kappa shape index (κ3) is 3.28. The fourth-order valence-corrected chi connectivity index (χ4v) is 1.80. The summed E-state index contributed by atoms with van der Waals surface area (Å²) in [6.07, 6.45) is 1.36. The van der Waals surface area contributed by atoms with Crippen molar-refractivity contribution in [2.45, 2.75) is 13.8 Å². The molecule has 2 rings (SSSR count). The molecule has 5 nitrogen and oxygen atoms in total. The van der Waals surface area contributed by atoms with Crippen molar-refractivity contribution in [3.05, 3.63) is 47.4 Å². The normalized spacial score (nSPS) is 10.2. The number of carbonyl (C=O) groups is 1. The summed E-state index contributed by atoms with van der Waals surface area (Å²) in [5.74, 6) is -0.446. The molecule has 0 aliphatic rings. The van der Waals surface area contributed by atoms with E-state index in [9.17, 15) is 9.18 Å². The summed E-state index contributed by atoms with van der Waals surface area (Å²) in [5.41, 5.74) is 7.21. The molecule has 0 radical (unpaired) electrons. The third-order valence-electron chi connectivity index (χ3n) is 2.96. The van der Waals surface area contributed by atoms with E-state index in [-0.39, 0.29) is 23.7 Å². The van der Waals surface area contributed by atoms with E-state index in [1.165, 1.54) is 18.3 Å². The molecule has 0 fully saturated rings. The van der Waals surface area contributed by atoms with Crippen LogP contribution < -0.4 is 11.1 Å². The van der Waals surface area contributed by atoms with E-state index in [4.69, 9.17) is 10.5 Å². The highest BCUT2D eigenvalue weighted by atomic mass is 19.1. The van der Waals surface area contributed by atoms with E-state index >= 15 is 0 Å². The number of benzene rings is 1. The molecule has 0 aliphatic carbocycles. The number of anilines is 3. The second-order valence-corrected chi connectivity index (χ2v) is 4.41. The Hall–Kier alpha value is -2.63. The maximum Gasteiger partial charge on any atom is 0.340 e. The van der Waals surface area contributed by atoms with E-state index in [1.807, 2.05) is 0 Å². The van der Waals surface area contributed by atoms with Gasteiger partial charge in [-0.25, -0.2) is 14.2 Å². The van der Waals surface area contributed by atoms with Gasteiger partial charge in [-0.2, -0.15) is 0 Å². The molecule has 6 heteroatoms. The second-order valence-electron chi connectivity index (χ2n) is 4.41. The minimum atomic E-state index is -0.517. The first-order chi connectivity index (χ1) is 10.0. The van der Waals surface area contributed by atoms with Crippen LogP contribution in [0.3, 0.4) is 0 Å². The van der Waals surface area contributed by atoms with Gasteiger partial charge in [-0.3, -0.25) is 0 Å². The van der Waals surface area contributed by atoms with Gasteiger partial charge < -0.3 is 15.8 Å². The number of pyridine rings is 1. The van der Waals surface area contributed by atoms with Gasteiger partial charge in [0.15, 0.2) is 0 Å². The summed E-state index contributed by atoms with van der Waals surface area (Å²) < 4.78 is 18.4. The van der Waals surface area contributed by atoms with Crippen LogP contribution in [0, 0.1) is 12.7 Å². The predicted molar refractivity (Wildman–Crippen MR) is 79.0 cm³/mol. The van der Waals surface area contributed by atoms with Crippen molar-refractivity contribution in [3.8, 4) is 0 Å². The zero-order valence-electron chi connectivity index (χ0n) is 11.8. The number of carbonyl (C=O) groups excluding carboxylic acids is 1. The molecular weight excluding hydrogens is 273 g/mol. The number of rotatable bonds is 4. The van der Waals surface area contributed by atoms with E-state index < -0.39 is 5.97 Å². The van der Waals surface area contributed by atoms with Gasteiger partial charge in [0, 0.05) is 11.3 Å². The minimum Gasteiger partial charge on any atom is -0.462 e. The number of halogens is 1. The quantitative estimate of drug-likeness (QED) is 0.846. The highest BCUT2D eigenvalue weighted by Crippen LogP contribution is 2.23. The number of aromatic nitrogens is 1. The van der Waals surface area contributed by atoms with E-state index in [0.29, 0.717) is 17.1 Å². The van der Waals surface area contributed by atoms with Crippen LogP contribution in [0.15, 0.2) is 30.5 Å². The van der Waals surface area contributed by atoms with E-state index in [0.717, 1.165) is 0 Å². The molecule has 110 valence electrons. The van der Waals surface area contributed by atoms with Crippen LogP contribution >= 0.6 is 0 Å². The Morgan fingerprint density at radius 1 is 1.48 bits per heavy atom. The van der Waals surface area contributed by atoms with Crippen molar-refractivity contribution in [1.29, 1.82) is 0 Å². The first-order valence-electron chi connectivity index (χ1n) is 6.47. The van der Waals surface area contributed by atoms with Gasteiger partial charge in [0.2, 0.25) is 0 Å². The molecule has 0 bridgehead atoms. The zero-order chi connectivity index (χ0) is 15.4. The number of nitrogen functional groups attached to an aromatic ring is 1. The Morgan fingerprint density at radius 2 is 2.24 bits per heavy atom. The molecule has 0 aliphatic heterocycles. The van der Waals surface area contributed by atoms with Gasteiger partial charge in [0.25, 0.3) is 0 Å². The molecule has 0 atom stereocenters. The molecular formula is C15H16FN3O2. The second kappa shape index (κ2) is 6.21. The molecule has 1 aromatic carbocycles. The van der Waals surface area contributed by atoms with Gasteiger partial charge in [0.1, 0.15) is 11.6 Å². The molecule has 1 heterocycles. The predicted octanol–water partition coefficient (Wildman–Crippen LogP) is 3.03. The Morgan fingerprint density at radius 3 is 2.95 bits per heavy atom. The van der Waals surface area contributed by atoms with Crippen molar-refractivity contribution in [2.24, 2.45) is 0 Å². The molecule has 0 unspecified atom stereocenters. The van der Waals surface area contributed by atoms with Crippen LogP contribution in [0.1, 0.15) is 22.8 Å². The molecule has 1 aromatic heterocycles. The van der Waals surface area contributed by atoms with Crippen LogP contribution in [0.5, 0.6) is 0 Å². The fraction of sp³-hybridized carbons (Fsp3) is 0.200. The maximum atomic E-state index is 13.5. The maximum absolute atomic E-state index is 13.5. The standard InChI is InChI=1S/C15H16FN3O2/c1-3-21-15(20)10-7-14(18-8-12(10)17)19-13-6-4-5-11(16)9(13)2/h4-8H,3,17H2,1-2H3,(H,18,19).